The minimum atomic E-state index is -3.44. The molecule has 2 aromatic carbocycles. The molecule has 3 aromatic rings. The Bertz CT molecular complexity index is 1090. The average molecular weight is 434 g/mol. The molecule has 29 heavy (non-hydrogen) atoms. The maximum Gasteiger partial charge on any atom is 0.243 e. The third-order valence-corrected chi connectivity index (χ3v) is 8.50. The van der Waals surface area contributed by atoms with Crippen molar-refractivity contribution in [1.29, 1.82) is 0 Å². The van der Waals surface area contributed by atoms with Gasteiger partial charge in [-0.3, -0.25) is 0 Å². The van der Waals surface area contributed by atoms with E-state index in [1.165, 1.54) is 15.6 Å². The highest BCUT2D eigenvalue weighted by molar-refractivity contribution is 7.89. The second-order valence-corrected chi connectivity index (χ2v) is 9.94. The Hall–Kier alpha value is -2.16. The minimum Gasteiger partial charge on any atom is -0.507 e. The predicted octanol–water partition coefficient (Wildman–Crippen LogP) is 4.57. The summed E-state index contributed by atoms with van der Waals surface area (Å²) in [6.07, 6.45) is 0. The molecule has 0 fully saturated rings. The lowest BCUT2D eigenvalue weighted by Gasteiger charge is -2.18. The number of aryl methyl sites for hydroxylation is 2. The van der Waals surface area contributed by atoms with Crippen molar-refractivity contribution >= 4 is 36.7 Å². The van der Waals surface area contributed by atoms with Crippen LogP contribution in [0, 0.1) is 20.8 Å². The Morgan fingerprint density at radius 3 is 2.24 bits per heavy atom. The zero-order valence-corrected chi connectivity index (χ0v) is 19.0. The zero-order chi connectivity index (χ0) is 21.3. The lowest BCUT2D eigenvalue weighted by Crippen LogP contribution is -2.30. The molecule has 1 heterocycles. The Morgan fingerprint density at radius 1 is 1.03 bits per heavy atom. The normalized spacial score (nSPS) is 12.1. The fraction of sp³-hybridized carbons (Fsp3) is 0.381. The van der Waals surface area contributed by atoms with Crippen molar-refractivity contribution in [1.82, 2.24) is 9.29 Å². The number of hydrogen-bond acceptors (Lipinski definition) is 6. The van der Waals surface area contributed by atoms with Crippen molar-refractivity contribution in [3.8, 4) is 5.75 Å². The molecule has 1 aromatic heterocycles. The van der Waals surface area contributed by atoms with Crippen LogP contribution in [0.3, 0.4) is 0 Å². The topological polar surface area (TPSA) is 82.5 Å². The molecule has 0 bridgehead atoms. The molecule has 0 radical (unpaired) electrons. The lowest BCUT2D eigenvalue weighted by atomic mass is 10.0. The van der Waals surface area contributed by atoms with Gasteiger partial charge in [0.05, 0.1) is 15.1 Å². The number of rotatable bonds is 7. The van der Waals surface area contributed by atoms with E-state index in [1.54, 1.807) is 12.1 Å². The number of thiazole rings is 1. The van der Waals surface area contributed by atoms with Crippen LogP contribution in [0.2, 0.25) is 0 Å². The number of hydrogen-bond donors (Lipinski definition) is 2. The summed E-state index contributed by atoms with van der Waals surface area (Å²) in [5.74, 6) is 0.329. The van der Waals surface area contributed by atoms with Gasteiger partial charge in [0.15, 0.2) is 5.13 Å². The Balaban J connectivity index is 1.79. The molecule has 8 heteroatoms. The van der Waals surface area contributed by atoms with E-state index in [9.17, 15) is 13.5 Å². The molecular formula is C21H27N3O3S2. The first-order chi connectivity index (χ1) is 13.7. The quantitative estimate of drug-likeness (QED) is 0.570. The second kappa shape index (κ2) is 8.30. The van der Waals surface area contributed by atoms with E-state index in [0.29, 0.717) is 30.3 Å². The number of nitrogens with zero attached hydrogens (tertiary/aromatic N) is 2. The number of benzene rings is 2. The zero-order valence-electron chi connectivity index (χ0n) is 17.4. The van der Waals surface area contributed by atoms with Crippen molar-refractivity contribution in [3.05, 3.63) is 46.5 Å². The Kier molecular flexibility index (Phi) is 6.16. The first-order valence-electron chi connectivity index (χ1n) is 9.62. The largest absolute Gasteiger partial charge is 0.507 e. The van der Waals surface area contributed by atoms with Crippen molar-refractivity contribution in [2.75, 3.05) is 18.4 Å². The van der Waals surface area contributed by atoms with Gasteiger partial charge in [0.25, 0.3) is 0 Å². The summed E-state index contributed by atoms with van der Waals surface area (Å²) < 4.78 is 27.6. The van der Waals surface area contributed by atoms with E-state index in [-0.39, 0.29) is 0 Å². The van der Waals surface area contributed by atoms with Gasteiger partial charge in [-0.2, -0.15) is 4.31 Å². The van der Waals surface area contributed by atoms with Crippen molar-refractivity contribution in [2.45, 2.75) is 46.1 Å². The smallest absolute Gasteiger partial charge is 0.243 e. The maximum absolute atomic E-state index is 12.6. The third kappa shape index (κ3) is 3.97. The summed E-state index contributed by atoms with van der Waals surface area (Å²) in [6, 6.07) is 6.95. The van der Waals surface area contributed by atoms with Gasteiger partial charge >= 0.3 is 0 Å². The Morgan fingerprint density at radius 2 is 1.66 bits per heavy atom. The number of sulfonamides is 1. The van der Waals surface area contributed by atoms with Gasteiger partial charge < -0.3 is 10.4 Å². The number of fused-ring (bicyclic) bond motifs is 1. The van der Waals surface area contributed by atoms with Crippen LogP contribution in [0.15, 0.2) is 29.2 Å². The SMILES string of the molecule is CCN(CC)S(=O)(=O)c1ccc(CNc2nc3c(C)c(C)c(O)c(C)c3s2)cc1. The number of nitrogens with one attached hydrogen (secondary N) is 1. The van der Waals surface area contributed by atoms with Crippen LogP contribution in [0.1, 0.15) is 36.1 Å². The molecule has 0 unspecified atom stereocenters. The van der Waals surface area contributed by atoms with E-state index in [1.807, 2.05) is 46.8 Å². The van der Waals surface area contributed by atoms with Gasteiger partial charge in [0.1, 0.15) is 5.75 Å². The molecule has 0 aliphatic carbocycles. The summed E-state index contributed by atoms with van der Waals surface area (Å²) in [5.41, 5.74) is 4.57. The number of anilines is 1. The molecule has 3 rings (SSSR count). The lowest BCUT2D eigenvalue weighted by molar-refractivity contribution is 0.445. The molecule has 0 saturated heterocycles. The summed E-state index contributed by atoms with van der Waals surface area (Å²) in [6.45, 7) is 10.9. The summed E-state index contributed by atoms with van der Waals surface area (Å²) in [4.78, 5) is 4.99. The molecule has 0 aliphatic heterocycles. The molecule has 0 aliphatic rings. The fourth-order valence-electron chi connectivity index (χ4n) is 3.32. The first-order valence-corrected chi connectivity index (χ1v) is 11.9. The monoisotopic (exact) mass is 433 g/mol. The number of phenolic OH excluding ortho intramolecular Hbond substituents is 1. The van der Waals surface area contributed by atoms with Crippen molar-refractivity contribution in [2.24, 2.45) is 0 Å². The van der Waals surface area contributed by atoms with Gasteiger partial charge in [0, 0.05) is 25.2 Å². The van der Waals surface area contributed by atoms with Crippen LogP contribution in [0.5, 0.6) is 5.75 Å². The standard InChI is InChI=1S/C21H27N3O3S2/c1-6-24(7-2)29(26,27)17-10-8-16(9-11-17)12-22-21-23-18-13(3)14(4)19(25)15(5)20(18)28-21/h8-11,25H,6-7,12H2,1-5H3,(H,22,23). The first kappa shape index (κ1) is 21.5. The van der Waals surface area contributed by atoms with Crippen LogP contribution in [-0.2, 0) is 16.6 Å². The van der Waals surface area contributed by atoms with Crippen molar-refractivity contribution in [3.63, 3.8) is 0 Å². The maximum atomic E-state index is 12.6. The van der Waals surface area contributed by atoms with Crippen molar-refractivity contribution < 1.29 is 13.5 Å². The number of phenols is 1. The van der Waals surface area contributed by atoms with E-state index in [2.05, 4.69) is 10.3 Å². The molecule has 2 N–H and O–H groups in total. The van der Waals surface area contributed by atoms with Gasteiger partial charge in [-0.05, 0) is 49.6 Å². The molecule has 156 valence electrons. The highest BCUT2D eigenvalue weighted by Crippen LogP contribution is 2.38. The minimum absolute atomic E-state index is 0.308. The van der Waals surface area contributed by atoms with Gasteiger partial charge in [-0.25, -0.2) is 13.4 Å². The number of aromatic nitrogens is 1. The van der Waals surface area contributed by atoms with E-state index in [0.717, 1.165) is 37.6 Å². The molecule has 6 nitrogen and oxygen atoms in total. The average Bonchev–Trinajstić information content (AvgIpc) is 3.15. The van der Waals surface area contributed by atoms with Gasteiger partial charge in [-0.15, -0.1) is 0 Å². The second-order valence-electron chi connectivity index (χ2n) is 7.01. The van der Waals surface area contributed by atoms with Crippen LogP contribution in [-0.4, -0.2) is 35.9 Å². The summed E-state index contributed by atoms with van der Waals surface area (Å²) in [7, 11) is -3.44. The Labute approximate surface area is 176 Å². The van der Waals surface area contributed by atoms with Crippen LogP contribution < -0.4 is 5.32 Å². The summed E-state index contributed by atoms with van der Waals surface area (Å²) >= 11 is 1.51. The summed E-state index contributed by atoms with van der Waals surface area (Å²) in [5, 5.41) is 14.4. The predicted molar refractivity (Wildman–Crippen MR) is 119 cm³/mol. The van der Waals surface area contributed by atoms with E-state index >= 15 is 0 Å². The number of aromatic hydroxyl groups is 1. The highest BCUT2D eigenvalue weighted by atomic mass is 32.2. The highest BCUT2D eigenvalue weighted by Gasteiger charge is 2.21. The van der Waals surface area contributed by atoms with Gasteiger partial charge in [0.2, 0.25) is 10.0 Å². The van der Waals surface area contributed by atoms with E-state index in [4.69, 9.17) is 0 Å². The van der Waals surface area contributed by atoms with Crippen LogP contribution >= 0.6 is 11.3 Å². The molecule has 0 saturated carbocycles. The van der Waals surface area contributed by atoms with E-state index < -0.39 is 10.0 Å². The molecule has 0 spiro atoms. The molecular weight excluding hydrogens is 406 g/mol. The molecule has 0 amide bonds. The van der Waals surface area contributed by atoms with Crippen LogP contribution in [0.25, 0.3) is 10.2 Å². The third-order valence-electron chi connectivity index (χ3n) is 5.31. The van der Waals surface area contributed by atoms with Crippen LogP contribution in [0.4, 0.5) is 5.13 Å². The fourth-order valence-corrected chi connectivity index (χ4v) is 5.80. The van der Waals surface area contributed by atoms with Gasteiger partial charge in [-0.1, -0.05) is 37.3 Å². The molecule has 0 atom stereocenters.